The van der Waals surface area contributed by atoms with Gasteiger partial charge in [0.25, 0.3) is 17.7 Å². The zero-order valence-electron chi connectivity index (χ0n) is 16.9. The Morgan fingerprint density at radius 3 is 2.38 bits per heavy atom. The van der Waals surface area contributed by atoms with E-state index in [4.69, 9.17) is 0 Å². The van der Waals surface area contributed by atoms with Gasteiger partial charge in [0.15, 0.2) is 0 Å². The van der Waals surface area contributed by atoms with E-state index in [1.165, 1.54) is 12.1 Å². The van der Waals surface area contributed by atoms with Crippen LogP contribution < -0.4 is 10.6 Å². The van der Waals surface area contributed by atoms with E-state index in [2.05, 4.69) is 10.6 Å². The lowest BCUT2D eigenvalue weighted by atomic mass is 10.0. The molecule has 2 aromatic carbocycles. The molecule has 1 fully saturated rings. The number of carbonyl (C=O) groups excluding carboxylic acids is 6. The fourth-order valence-electron chi connectivity index (χ4n) is 3.77. The number of carbonyl (C=O) groups is 6. The Bertz CT molecular complexity index is 1160. The molecule has 2 N–H and O–H groups in total. The Balaban J connectivity index is 1.42. The molecule has 0 aromatic heterocycles. The van der Waals surface area contributed by atoms with E-state index in [1.807, 2.05) is 6.07 Å². The highest BCUT2D eigenvalue weighted by Crippen LogP contribution is 2.28. The van der Waals surface area contributed by atoms with Crippen LogP contribution >= 0.6 is 0 Å². The minimum absolute atomic E-state index is 0.00741. The summed E-state index contributed by atoms with van der Waals surface area (Å²) in [5.74, 6) is -3.70. The Kier molecular flexibility index (Phi) is 5.63. The van der Waals surface area contributed by atoms with Crippen molar-refractivity contribution in [3.05, 3.63) is 70.8 Å². The molecular formula is C23H19N3O6. The average molecular weight is 433 g/mol. The molecule has 0 aliphatic carbocycles. The minimum Gasteiger partial charge on any atom is -0.345 e. The van der Waals surface area contributed by atoms with Crippen LogP contribution in [0.25, 0.3) is 0 Å². The van der Waals surface area contributed by atoms with Crippen LogP contribution in [0.4, 0.5) is 0 Å². The highest BCUT2D eigenvalue weighted by molar-refractivity contribution is 6.36. The van der Waals surface area contributed by atoms with E-state index in [-0.39, 0.29) is 36.9 Å². The summed E-state index contributed by atoms with van der Waals surface area (Å²) >= 11 is 0. The standard InChI is InChI=1S/C23H19N3O6/c27-18(11-13-4-2-1-3-5-13)21(30)24-12-14-6-7-15-16(10-14)23(32)26(22(15)31)17-8-9-19(28)25-20(17)29/h1-7,10,17H,8-9,11-12H2,(H,24,30)(H,25,28,29). The molecule has 0 spiro atoms. The molecule has 162 valence electrons. The summed E-state index contributed by atoms with van der Waals surface area (Å²) in [6.45, 7) is -0.00741. The summed E-state index contributed by atoms with van der Waals surface area (Å²) in [5, 5.41) is 4.67. The van der Waals surface area contributed by atoms with Gasteiger partial charge in [-0.1, -0.05) is 36.4 Å². The van der Waals surface area contributed by atoms with Gasteiger partial charge in [0.1, 0.15) is 6.04 Å². The molecule has 0 bridgehead atoms. The number of Topliss-reactive ketones (excluding diaryl/α,β-unsaturated/α-hetero) is 1. The lowest BCUT2D eigenvalue weighted by molar-refractivity contribution is -0.137. The molecule has 0 saturated carbocycles. The third-order valence-electron chi connectivity index (χ3n) is 5.42. The number of imide groups is 2. The molecule has 5 amide bonds. The lowest BCUT2D eigenvalue weighted by Crippen LogP contribution is -2.54. The number of nitrogens with zero attached hydrogens (tertiary/aromatic N) is 1. The number of ketones is 1. The van der Waals surface area contributed by atoms with Crippen LogP contribution in [-0.4, -0.2) is 46.3 Å². The number of fused-ring (bicyclic) bond motifs is 1. The fourth-order valence-corrected chi connectivity index (χ4v) is 3.77. The molecule has 2 aliphatic rings. The molecule has 1 unspecified atom stereocenters. The van der Waals surface area contributed by atoms with Crippen molar-refractivity contribution in [1.82, 2.24) is 15.5 Å². The highest BCUT2D eigenvalue weighted by Gasteiger charge is 2.44. The summed E-state index contributed by atoms with van der Waals surface area (Å²) < 4.78 is 0. The number of benzene rings is 2. The van der Waals surface area contributed by atoms with Crippen molar-refractivity contribution in [2.45, 2.75) is 31.8 Å². The Morgan fingerprint density at radius 1 is 0.938 bits per heavy atom. The van der Waals surface area contributed by atoms with Crippen LogP contribution in [0.1, 0.15) is 44.7 Å². The normalized spacial score (nSPS) is 17.8. The number of rotatable bonds is 6. The zero-order valence-corrected chi connectivity index (χ0v) is 16.9. The maximum absolute atomic E-state index is 12.8. The van der Waals surface area contributed by atoms with Gasteiger partial charge in [-0.2, -0.15) is 0 Å². The number of hydrogen-bond donors (Lipinski definition) is 2. The van der Waals surface area contributed by atoms with Gasteiger partial charge < -0.3 is 5.32 Å². The van der Waals surface area contributed by atoms with Crippen LogP contribution in [0.3, 0.4) is 0 Å². The molecule has 2 heterocycles. The van der Waals surface area contributed by atoms with Crippen LogP contribution in [0.15, 0.2) is 48.5 Å². The minimum atomic E-state index is -1.04. The van der Waals surface area contributed by atoms with Gasteiger partial charge >= 0.3 is 0 Å². The zero-order chi connectivity index (χ0) is 22.8. The van der Waals surface area contributed by atoms with Gasteiger partial charge in [-0.25, -0.2) is 0 Å². The van der Waals surface area contributed by atoms with Crippen molar-refractivity contribution in [3.8, 4) is 0 Å². The first-order valence-electron chi connectivity index (χ1n) is 10.0. The Hall–Kier alpha value is -4.14. The number of amides is 5. The van der Waals surface area contributed by atoms with Gasteiger partial charge in [-0.15, -0.1) is 0 Å². The van der Waals surface area contributed by atoms with E-state index < -0.39 is 41.4 Å². The second-order valence-corrected chi connectivity index (χ2v) is 7.60. The predicted octanol–water partition coefficient (Wildman–Crippen LogP) is 0.516. The van der Waals surface area contributed by atoms with Crippen LogP contribution in [0, 0.1) is 0 Å². The van der Waals surface area contributed by atoms with Crippen molar-refractivity contribution < 1.29 is 28.8 Å². The van der Waals surface area contributed by atoms with Gasteiger partial charge in [0.05, 0.1) is 11.1 Å². The lowest BCUT2D eigenvalue weighted by Gasteiger charge is -2.27. The van der Waals surface area contributed by atoms with Crippen molar-refractivity contribution in [3.63, 3.8) is 0 Å². The van der Waals surface area contributed by atoms with Crippen molar-refractivity contribution >= 4 is 35.3 Å². The molecule has 32 heavy (non-hydrogen) atoms. The first kappa shape index (κ1) is 21.1. The SMILES string of the molecule is O=C1CCC(N2C(=O)c3ccc(CNC(=O)C(=O)Cc4ccccc4)cc3C2=O)C(=O)N1. The molecule has 0 radical (unpaired) electrons. The van der Waals surface area contributed by atoms with Crippen molar-refractivity contribution in [2.75, 3.05) is 0 Å². The quantitative estimate of drug-likeness (QED) is 0.505. The first-order valence-corrected chi connectivity index (χ1v) is 10.0. The van der Waals surface area contributed by atoms with Crippen LogP contribution in [0.5, 0.6) is 0 Å². The summed E-state index contributed by atoms with van der Waals surface area (Å²) in [6, 6.07) is 12.3. The Labute approximate surface area is 182 Å². The summed E-state index contributed by atoms with van der Waals surface area (Å²) in [4.78, 5) is 74.1. The predicted molar refractivity (Wildman–Crippen MR) is 110 cm³/mol. The van der Waals surface area contributed by atoms with Gasteiger partial charge in [-0.05, 0) is 29.7 Å². The third-order valence-corrected chi connectivity index (χ3v) is 5.42. The molecular weight excluding hydrogens is 414 g/mol. The molecule has 1 atom stereocenters. The summed E-state index contributed by atoms with van der Waals surface area (Å²) in [5.41, 5.74) is 1.51. The molecule has 2 aliphatic heterocycles. The second kappa shape index (κ2) is 8.54. The number of nitrogens with one attached hydrogen (secondary N) is 2. The maximum atomic E-state index is 12.8. The monoisotopic (exact) mass is 433 g/mol. The summed E-state index contributed by atoms with van der Waals surface area (Å²) in [6.07, 6.45) is 0.0887. The molecule has 4 rings (SSSR count). The van der Waals surface area contributed by atoms with E-state index in [9.17, 15) is 28.8 Å². The van der Waals surface area contributed by atoms with Gasteiger partial charge in [0, 0.05) is 19.4 Å². The summed E-state index contributed by atoms with van der Waals surface area (Å²) in [7, 11) is 0. The van der Waals surface area contributed by atoms with Crippen LogP contribution in [-0.2, 0) is 32.1 Å². The molecule has 9 heteroatoms. The van der Waals surface area contributed by atoms with Crippen molar-refractivity contribution in [2.24, 2.45) is 0 Å². The first-order chi connectivity index (χ1) is 15.3. The smallest absolute Gasteiger partial charge is 0.287 e. The van der Waals surface area contributed by atoms with E-state index in [1.54, 1.807) is 30.3 Å². The number of hydrogen-bond acceptors (Lipinski definition) is 6. The molecule has 1 saturated heterocycles. The highest BCUT2D eigenvalue weighted by atomic mass is 16.2. The average Bonchev–Trinajstić information content (AvgIpc) is 3.02. The second-order valence-electron chi connectivity index (χ2n) is 7.60. The Morgan fingerprint density at radius 2 is 1.66 bits per heavy atom. The van der Waals surface area contributed by atoms with E-state index >= 15 is 0 Å². The van der Waals surface area contributed by atoms with Gasteiger partial charge in [0.2, 0.25) is 17.6 Å². The van der Waals surface area contributed by atoms with Crippen LogP contribution in [0.2, 0.25) is 0 Å². The van der Waals surface area contributed by atoms with Crippen molar-refractivity contribution in [1.29, 1.82) is 0 Å². The molecule has 9 nitrogen and oxygen atoms in total. The van der Waals surface area contributed by atoms with E-state index in [0.717, 1.165) is 10.5 Å². The maximum Gasteiger partial charge on any atom is 0.287 e. The van der Waals surface area contributed by atoms with E-state index in [0.29, 0.717) is 5.56 Å². The largest absolute Gasteiger partial charge is 0.345 e. The third kappa shape index (κ3) is 4.04. The topological polar surface area (TPSA) is 130 Å². The molecule has 2 aromatic rings. The fraction of sp³-hybridized carbons (Fsp3) is 0.217. The number of piperidine rings is 1. The van der Waals surface area contributed by atoms with Gasteiger partial charge in [-0.3, -0.25) is 39.0 Å².